The van der Waals surface area contributed by atoms with Gasteiger partial charge in [0, 0.05) is 12.0 Å². The highest BCUT2D eigenvalue weighted by atomic mass is 35.5. The van der Waals surface area contributed by atoms with Gasteiger partial charge in [0.25, 0.3) is 0 Å². The fraction of sp³-hybridized carbons (Fsp3) is 0.500. The third-order valence-electron chi connectivity index (χ3n) is 3.73. The fourth-order valence-corrected chi connectivity index (χ4v) is 2.62. The third-order valence-corrected chi connectivity index (χ3v) is 3.73. The number of ether oxygens (including phenoxy) is 1. The third kappa shape index (κ3) is 3.61. The van der Waals surface area contributed by atoms with Crippen LogP contribution in [0.1, 0.15) is 19.3 Å². The number of carbonyl (C=O) groups excluding carboxylic acids is 1. The smallest absolute Gasteiger partial charge is 0.227 e. The number of amides is 1. The second-order valence-corrected chi connectivity index (χ2v) is 4.87. The minimum absolute atomic E-state index is 0. The first-order chi connectivity index (χ1) is 9.15. The highest BCUT2D eigenvalue weighted by molar-refractivity contribution is 5.93. The van der Waals surface area contributed by atoms with Crippen molar-refractivity contribution >= 4 is 24.0 Å². The van der Waals surface area contributed by atoms with Crippen molar-refractivity contribution in [3.63, 3.8) is 0 Å². The number of hydrogen-bond acceptors (Lipinski definition) is 3. The van der Waals surface area contributed by atoms with Gasteiger partial charge in [0.15, 0.2) is 0 Å². The Balaban J connectivity index is 0.00000200. The lowest BCUT2D eigenvalue weighted by atomic mass is 9.95. The predicted octanol–water partition coefficient (Wildman–Crippen LogP) is 2.57. The highest BCUT2D eigenvalue weighted by Crippen LogP contribution is 2.32. The Morgan fingerprint density at radius 1 is 1.50 bits per heavy atom. The summed E-state index contributed by atoms with van der Waals surface area (Å²) in [4.78, 5) is 12.2. The molecule has 0 aromatic heterocycles. The zero-order valence-corrected chi connectivity index (χ0v) is 12.2. The molecular formula is C14H20ClFN2O2. The number of carbonyl (C=O) groups is 1. The first-order valence-electron chi connectivity index (χ1n) is 6.50. The average Bonchev–Trinajstić information content (AvgIpc) is 2.89. The summed E-state index contributed by atoms with van der Waals surface area (Å²) in [6, 6.07) is 4.28. The van der Waals surface area contributed by atoms with Crippen molar-refractivity contribution in [3.05, 3.63) is 24.0 Å². The predicted molar refractivity (Wildman–Crippen MR) is 78.7 cm³/mol. The van der Waals surface area contributed by atoms with Crippen LogP contribution < -0.4 is 15.8 Å². The molecule has 1 aromatic carbocycles. The lowest BCUT2D eigenvalue weighted by Crippen LogP contribution is -2.30. The van der Waals surface area contributed by atoms with Crippen molar-refractivity contribution in [1.82, 2.24) is 0 Å². The molecule has 6 heteroatoms. The normalized spacial score (nSPS) is 21.1. The summed E-state index contributed by atoms with van der Waals surface area (Å²) in [5.74, 6) is -0.0145. The van der Waals surface area contributed by atoms with Gasteiger partial charge in [-0.25, -0.2) is 4.39 Å². The van der Waals surface area contributed by atoms with Crippen LogP contribution in [0.2, 0.25) is 0 Å². The molecule has 1 saturated carbocycles. The number of benzene rings is 1. The Labute approximate surface area is 124 Å². The molecule has 3 N–H and O–H groups in total. The van der Waals surface area contributed by atoms with Crippen LogP contribution in [0.25, 0.3) is 0 Å². The number of methoxy groups -OCH3 is 1. The summed E-state index contributed by atoms with van der Waals surface area (Å²) in [6.45, 7) is 0.499. The van der Waals surface area contributed by atoms with Crippen molar-refractivity contribution < 1.29 is 13.9 Å². The monoisotopic (exact) mass is 302 g/mol. The SMILES string of the molecule is COc1ccc(F)c(NC(=O)[C@@H]2CCC[C@@H]2CN)c1.Cl. The first kappa shape index (κ1) is 16.7. The number of halogens is 2. The second kappa shape index (κ2) is 7.45. The van der Waals surface area contributed by atoms with E-state index in [4.69, 9.17) is 10.5 Å². The Bertz CT molecular complexity index is 470. The van der Waals surface area contributed by atoms with E-state index in [1.54, 1.807) is 0 Å². The van der Waals surface area contributed by atoms with Crippen LogP contribution in [0.5, 0.6) is 5.75 Å². The van der Waals surface area contributed by atoms with E-state index in [2.05, 4.69) is 5.32 Å². The van der Waals surface area contributed by atoms with Crippen LogP contribution in [0.4, 0.5) is 10.1 Å². The van der Waals surface area contributed by atoms with Crippen LogP contribution in [0.15, 0.2) is 18.2 Å². The molecule has 0 bridgehead atoms. The van der Waals surface area contributed by atoms with Crippen LogP contribution >= 0.6 is 12.4 Å². The molecule has 1 aliphatic carbocycles. The molecule has 112 valence electrons. The Hall–Kier alpha value is -1.33. The molecule has 0 saturated heterocycles. The van der Waals surface area contributed by atoms with Crippen molar-refractivity contribution in [2.75, 3.05) is 19.0 Å². The molecule has 1 fully saturated rings. The number of nitrogens with two attached hydrogens (primary N) is 1. The minimum Gasteiger partial charge on any atom is -0.497 e. The van der Waals surface area contributed by atoms with Gasteiger partial charge < -0.3 is 15.8 Å². The zero-order valence-electron chi connectivity index (χ0n) is 11.4. The maximum absolute atomic E-state index is 13.6. The number of rotatable bonds is 4. The second-order valence-electron chi connectivity index (χ2n) is 4.87. The average molecular weight is 303 g/mol. The van der Waals surface area contributed by atoms with Crippen LogP contribution in [-0.4, -0.2) is 19.6 Å². The van der Waals surface area contributed by atoms with Crippen molar-refractivity contribution in [2.45, 2.75) is 19.3 Å². The number of nitrogens with one attached hydrogen (secondary N) is 1. The van der Waals surface area contributed by atoms with E-state index in [0.717, 1.165) is 19.3 Å². The van der Waals surface area contributed by atoms with Gasteiger partial charge in [-0.3, -0.25) is 4.79 Å². The summed E-state index contributed by atoms with van der Waals surface area (Å²) < 4.78 is 18.7. The summed E-state index contributed by atoms with van der Waals surface area (Å²) in [7, 11) is 1.50. The van der Waals surface area contributed by atoms with E-state index >= 15 is 0 Å². The van der Waals surface area contributed by atoms with Gasteiger partial charge in [-0.05, 0) is 37.4 Å². The van der Waals surface area contributed by atoms with Gasteiger partial charge in [-0.2, -0.15) is 0 Å². The molecule has 1 aromatic rings. The lowest BCUT2D eigenvalue weighted by Gasteiger charge is -2.17. The Kier molecular flexibility index (Phi) is 6.23. The molecule has 1 aliphatic rings. The molecule has 20 heavy (non-hydrogen) atoms. The molecule has 0 heterocycles. The van der Waals surface area contributed by atoms with Crippen molar-refractivity contribution in [2.24, 2.45) is 17.6 Å². The minimum atomic E-state index is -0.462. The highest BCUT2D eigenvalue weighted by Gasteiger charge is 2.32. The largest absolute Gasteiger partial charge is 0.497 e. The molecule has 0 aliphatic heterocycles. The molecule has 0 unspecified atom stereocenters. The summed E-state index contributed by atoms with van der Waals surface area (Å²) in [6.07, 6.45) is 2.79. The quantitative estimate of drug-likeness (QED) is 0.898. The summed E-state index contributed by atoms with van der Waals surface area (Å²) in [5.41, 5.74) is 5.82. The molecule has 1 amide bonds. The van der Waals surface area contributed by atoms with E-state index in [-0.39, 0.29) is 35.8 Å². The Morgan fingerprint density at radius 3 is 2.90 bits per heavy atom. The van der Waals surface area contributed by atoms with Gasteiger partial charge in [-0.15, -0.1) is 12.4 Å². The van der Waals surface area contributed by atoms with E-state index in [0.29, 0.717) is 12.3 Å². The maximum Gasteiger partial charge on any atom is 0.227 e. The van der Waals surface area contributed by atoms with Gasteiger partial charge >= 0.3 is 0 Å². The van der Waals surface area contributed by atoms with Gasteiger partial charge in [0.05, 0.1) is 12.8 Å². The molecular weight excluding hydrogens is 283 g/mol. The van der Waals surface area contributed by atoms with E-state index in [1.165, 1.54) is 25.3 Å². The molecule has 2 atom stereocenters. The standard InChI is InChI=1S/C14H19FN2O2.ClH/c1-19-10-5-6-12(15)13(7-10)17-14(18)11-4-2-3-9(11)8-16;/h5-7,9,11H,2-4,8,16H2,1H3,(H,17,18);1H/t9-,11-;/m1./s1. The van der Waals surface area contributed by atoms with E-state index in [1.807, 2.05) is 0 Å². The first-order valence-corrected chi connectivity index (χ1v) is 6.50. The van der Waals surface area contributed by atoms with Crippen molar-refractivity contribution in [3.8, 4) is 5.75 Å². The zero-order chi connectivity index (χ0) is 13.8. The molecule has 0 radical (unpaired) electrons. The molecule has 2 rings (SSSR count). The lowest BCUT2D eigenvalue weighted by molar-refractivity contribution is -0.120. The number of anilines is 1. The maximum atomic E-state index is 13.6. The number of hydrogen-bond donors (Lipinski definition) is 2. The topological polar surface area (TPSA) is 64.3 Å². The Morgan fingerprint density at radius 2 is 2.25 bits per heavy atom. The summed E-state index contributed by atoms with van der Waals surface area (Å²) in [5, 5.41) is 2.64. The van der Waals surface area contributed by atoms with Crippen molar-refractivity contribution in [1.29, 1.82) is 0 Å². The summed E-state index contributed by atoms with van der Waals surface area (Å²) >= 11 is 0. The molecule has 4 nitrogen and oxygen atoms in total. The van der Waals surface area contributed by atoms with Crippen LogP contribution in [0, 0.1) is 17.7 Å². The molecule has 0 spiro atoms. The van der Waals surface area contributed by atoms with E-state index < -0.39 is 5.82 Å². The van der Waals surface area contributed by atoms with Crippen LogP contribution in [0.3, 0.4) is 0 Å². The van der Waals surface area contributed by atoms with Crippen LogP contribution in [-0.2, 0) is 4.79 Å². The van der Waals surface area contributed by atoms with Gasteiger partial charge in [-0.1, -0.05) is 6.42 Å². The van der Waals surface area contributed by atoms with Gasteiger partial charge in [0.2, 0.25) is 5.91 Å². The van der Waals surface area contributed by atoms with E-state index in [9.17, 15) is 9.18 Å². The fourth-order valence-electron chi connectivity index (χ4n) is 2.62. The van der Waals surface area contributed by atoms with Gasteiger partial charge in [0.1, 0.15) is 11.6 Å².